The quantitative estimate of drug-likeness (QED) is 0.295. The first kappa shape index (κ1) is 28.1. The van der Waals surface area contributed by atoms with E-state index >= 15 is 0 Å². The highest BCUT2D eigenvalue weighted by molar-refractivity contribution is 5.24. The van der Waals surface area contributed by atoms with Gasteiger partial charge in [0.15, 0.2) is 0 Å². The number of quaternary nitrogens is 1. The van der Waals surface area contributed by atoms with Crippen LogP contribution in [0.3, 0.4) is 0 Å². The van der Waals surface area contributed by atoms with Crippen LogP contribution in [0.2, 0.25) is 0 Å². The van der Waals surface area contributed by atoms with Crippen molar-refractivity contribution < 1.29 is 18.1 Å². The molecule has 3 rings (SSSR count). The van der Waals surface area contributed by atoms with Gasteiger partial charge in [-0.3, -0.25) is 0 Å². The van der Waals surface area contributed by atoms with E-state index in [0.29, 0.717) is 0 Å². The predicted octanol–water partition coefficient (Wildman–Crippen LogP) is 4.46. The summed E-state index contributed by atoms with van der Waals surface area (Å²) < 4.78 is 0. The molecular weight excluding hydrogens is 434 g/mol. The summed E-state index contributed by atoms with van der Waals surface area (Å²) in [6.07, 6.45) is 15.6. The number of unbranched alkanes of at least 4 members (excludes halogenated alkanes) is 7. The van der Waals surface area contributed by atoms with E-state index in [0.717, 1.165) is 25.8 Å². The fourth-order valence-electron chi connectivity index (χ4n) is 5.28. The lowest BCUT2D eigenvalue weighted by atomic mass is 9.69. The summed E-state index contributed by atoms with van der Waals surface area (Å²) in [4.78, 5) is 0. The van der Waals surface area contributed by atoms with E-state index in [1.54, 1.807) is 0 Å². The molecule has 3 aromatic carbocycles. The maximum absolute atomic E-state index is 3.96. The van der Waals surface area contributed by atoms with Crippen molar-refractivity contribution in [2.45, 2.75) is 77.0 Å². The summed E-state index contributed by atoms with van der Waals surface area (Å²) in [5, 5.41) is 0. The standard InChI is InChI=1S/C32H43N.ClH/c33-25-17-6-4-2-1-3-5-16-24-32(26-29-18-10-7-11-19-29,27-30-20-12-8-13-21-30)28-31-22-14-9-15-23-31;/h7-15,18-23H,1-6,16-17,24-28,33H2;1H. The molecule has 0 aliphatic heterocycles. The van der Waals surface area contributed by atoms with Gasteiger partial charge in [0.25, 0.3) is 0 Å². The lowest BCUT2D eigenvalue weighted by Gasteiger charge is -2.35. The van der Waals surface area contributed by atoms with E-state index in [9.17, 15) is 0 Å². The van der Waals surface area contributed by atoms with Crippen LogP contribution in [-0.2, 0) is 19.3 Å². The second-order valence-corrected chi connectivity index (χ2v) is 9.92. The van der Waals surface area contributed by atoms with Crippen molar-refractivity contribution in [1.82, 2.24) is 0 Å². The van der Waals surface area contributed by atoms with Gasteiger partial charge in [0, 0.05) is 0 Å². The summed E-state index contributed by atoms with van der Waals surface area (Å²) in [6, 6.07) is 33.5. The number of hydrogen-bond donors (Lipinski definition) is 1. The minimum Gasteiger partial charge on any atom is -1.00 e. The van der Waals surface area contributed by atoms with Gasteiger partial charge in [0.1, 0.15) is 0 Å². The van der Waals surface area contributed by atoms with Gasteiger partial charge in [-0.2, -0.15) is 0 Å². The van der Waals surface area contributed by atoms with Gasteiger partial charge >= 0.3 is 0 Å². The third-order valence-corrected chi connectivity index (χ3v) is 6.97. The highest BCUT2D eigenvalue weighted by atomic mass is 35.5. The molecule has 0 aliphatic carbocycles. The fourth-order valence-corrected chi connectivity index (χ4v) is 5.28. The van der Waals surface area contributed by atoms with E-state index < -0.39 is 0 Å². The molecule has 0 aliphatic rings. The third kappa shape index (κ3) is 10.5. The highest BCUT2D eigenvalue weighted by Crippen LogP contribution is 2.37. The van der Waals surface area contributed by atoms with Gasteiger partial charge in [-0.25, -0.2) is 0 Å². The van der Waals surface area contributed by atoms with Gasteiger partial charge in [-0.15, -0.1) is 0 Å². The summed E-state index contributed by atoms with van der Waals surface area (Å²) in [5.74, 6) is 0. The molecule has 0 amide bonds. The van der Waals surface area contributed by atoms with Crippen molar-refractivity contribution in [3.63, 3.8) is 0 Å². The van der Waals surface area contributed by atoms with Gasteiger partial charge in [0.2, 0.25) is 0 Å². The SMILES string of the molecule is [Cl-].[NH3+]CCCCCCCCCCC(Cc1ccccc1)(Cc1ccccc1)Cc1ccccc1. The molecule has 3 aromatic rings. The van der Waals surface area contributed by atoms with Gasteiger partial charge in [-0.1, -0.05) is 130 Å². The predicted molar refractivity (Wildman–Crippen MR) is 142 cm³/mol. The van der Waals surface area contributed by atoms with E-state index in [4.69, 9.17) is 0 Å². The molecule has 1 nitrogen and oxygen atoms in total. The zero-order chi connectivity index (χ0) is 23.0. The fraction of sp³-hybridized carbons (Fsp3) is 0.438. The van der Waals surface area contributed by atoms with Crippen LogP contribution in [0.1, 0.15) is 74.5 Å². The molecule has 0 unspecified atom stereocenters. The third-order valence-electron chi connectivity index (χ3n) is 6.97. The Morgan fingerprint density at radius 1 is 0.441 bits per heavy atom. The average molecular weight is 478 g/mol. The molecule has 184 valence electrons. The van der Waals surface area contributed by atoms with Crippen LogP contribution in [0.25, 0.3) is 0 Å². The van der Waals surface area contributed by atoms with Crippen LogP contribution < -0.4 is 18.1 Å². The monoisotopic (exact) mass is 477 g/mol. The van der Waals surface area contributed by atoms with E-state index in [1.165, 1.54) is 74.5 Å². The largest absolute Gasteiger partial charge is 1.00 e. The van der Waals surface area contributed by atoms with Gasteiger partial charge < -0.3 is 18.1 Å². The molecule has 2 heteroatoms. The van der Waals surface area contributed by atoms with Crippen molar-refractivity contribution in [2.24, 2.45) is 5.41 Å². The topological polar surface area (TPSA) is 27.6 Å². The zero-order valence-corrected chi connectivity index (χ0v) is 21.7. The molecule has 0 heterocycles. The van der Waals surface area contributed by atoms with Crippen LogP contribution >= 0.6 is 0 Å². The smallest absolute Gasteiger partial charge is 0.0739 e. The molecule has 0 aromatic heterocycles. The van der Waals surface area contributed by atoms with Crippen molar-refractivity contribution in [3.05, 3.63) is 108 Å². The zero-order valence-electron chi connectivity index (χ0n) is 20.9. The Labute approximate surface area is 214 Å². The average Bonchev–Trinajstić information content (AvgIpc) is 2.85. The van der Waals surface area contributed by atoms with Crippen molar-refractivity contribution in [1.29, 1.82) is 0 Å². The first-order valence-corrected chi connectivity index (χ1v) is 13.2. The lowest BCUT2D eigenvalue weighted by molar-refractivity contribution is -0.368. The molecular formula is C32H44ClN. The first-order valence-electron chi connectivity index (χ1n) is 13.2. The van der Waals surface area contributed by atoms with Crippen molar-refractivity contribution in [2.75, 3.05) is 6.54 Å². The number of hydrogen-bond acceptors (Lipinski definition) is 0. The minimum atomic E-state index is 0. The first-order chi connectivity index (χ1) is 16.3. The lowest BCUT2D eigenvalue weighted by Crippen LogP contribution is -3.00. The molecule has 0 bridgehead atoms. The van der Waals surface area contributed by atoms with Crippen LogP contribution in [0.4, 0.5) is 0 Å². The van der Waals surface area contributed by atoms with Crippen molar-refractivity contribution >= 4 is 0 Å². The minimum absolute atomic E-state index is 0. The van der Waals surface area contributed by atoms with Crippen molar-refractivity contribution in [3.8, 4) is 0 Å². The molecule has 34 heavy (non-hydrogen) atoms. The molecule has 0 atom stereocenters. The van der Waals surface area contributed by atoms with Gasteiger partial charge in [0.05, 0.1) is 6.54 Å². The summed E-state index contributed by atoms with van der Waals surface area (Å²) in [7, 11) is 0. The summed E-state index contributed by atoms with van der Waals surface area (Å²) in [6.45, 7) is 1.09. The highest BCUT2D eigenvalue weighted by Gasteiger charge is 2.30. The number of rotatable bonds is 16. The Balaban J connectivity index is 0.00000408. The second-order valence-electron chi connectivity index (χ2n) is 9.92. The normalized spacial score (nSPS) is 11.2. The Morgan fingerprint density at radius 2 is 0.765 bits per heavy atom. The van der Waals surface area contributed by atoms with Gasteiger partial charge in [-0.05, 0) is 60.6 Å². The van der Waals surface area contributed by atoms with Crippen LogP contribution in [0, 0.1) is 5.41 Å². The molecule has 3 N–H and O–H groups in total. The molecule has 0 saturated carbocycles. The second kappa shape index (κ2) is 16.5. The summed E-state index contributed by atoms with van der Waals surface area (Å²) >= 11 is 0. The number of benzene rings is 3. The molecule has 0 radical (unpaired) electrons. The molecule has 0 spiro atoms. The number of halogens is 1. The van der Waals surface area contributed by atoms with E-state index in [-0.39, 0.29) is 17.8 Å². The molecule has 0 saturated heterocycles. The Bertz CT molecular complexity index is 762. The maximum Gasteiger partial charge on any atom is 0.0739 e. The summed E-state index contributed by atoms with van der Waals surface area (Å²) in [5.41, 5.74) is 8.61. The molecule has 0 fully saturated rings. The Hall–Kier alpha value is -2.09. The van der Waals surface area contributed by atoms with E-state index in [2.05, 4.69) is 96.7 Å². The van der Waals surface area contributed by atoms with Crippen LogP contribution in [0.5, 0.6) is 0 Å². The van der Waals surface area contributed by atoms with Crippen LogP contribution in [-0.4, -0.2) is 6.54 Å². The maximum atomic E-state index is 3.96. The van der Waals surface area contributed by atoms with E-state index in [1.807, 2.05) is 0 Å². The Morgan fingerprint density at radius 3 is 1.12 bits per heavy atom. The van der Waals surface area contributed by atoms with Crippen LogP contribution in [0.15, 0.2) is 91.0 Å². The Kier molecular flexibility index (Phi) is 13.7.